The molecule has 1 amide bonds. The van der Waals surface area contributed by atoms with Gasteiger partial charge in [0, 0.05) is 6.54 Å². The number of carbonyl (C=O) groups excluding carboxylic acids is 1. The van der Waals surface area contributed by atoms with Crippen LogP contribution in [0.1, 0.15) is 45.4 Å². The van der Waals surface area contributed by atoms with Gasteiger partial charge >= 0.3 is 0 Å². The average molecular weight is 228 g/mol. The fraction of sp³-hybridized carbons (Fsp3) is 0.917. The summed E-state index contributed by atoms with van der Waals surface area (Å²) in [5.74, 6) is -0.0743. The molecule has 16 heavy (non-hydrogen) atoms. The number of amides is 1. The quantitative estimate of drug-likeness (QED) is 0.671. The normalized spacial score (nSPS) is 19.4. The van der Waals surface area contributed by atoms with Gasteiger partial charge in [0.1, 0.15) is 0 Å². The van der Waals surface area contributed by atoms with Crippen LogP contribution >= 0.6 is 0 Å². The lowest BCUT2D eigenvalue weighted by atomic mass is 9.98. The second-order valence-corrected chi connectivity index (χ2v) is 4.44. The summed E-state index contributed by atoms with van der Waals surface area (Å²) in [7, 11) is 0. The van der Waals surface area contributed by atoms with Gasteiger partial charge in [0.05, 0.1) is 18.8 Å². The molecule has 3 N–H and O–H groups in total. The molecule has 1 fully saturated rings. The molecule has 0 heterocycles. The summed E-state index contributed by atoms with van der Waals surface area (Å²) in [5, 5.41) is 2.78. The Balaban J connectivity index is 2.00. The molecule has 1 aliphatic carbocycles. The van der Waals surface area contributed by atoms with Crippen molar-refractivity contribution in [2.24, 2.45) is 5.73 Å². The number of hydrogen-bond acceptors (Lipinski definition) is 3. The Bertz CT molecular complexity index is 203. The standard InChI is InChI=1S/C12H24N2O2/c1-2-11(13)12(15)14-8-9-16-10-6-4-3-5-7-10/h10-11H,2-9,13H2,1H3,(H,14,15). The zero-order valence-corrected chi connectivity index (χ0v) is 10.2. The van der Waals surface area contributed by atoms with E-state index in [9.17, 15) is 4.79 Å². The van der Waals surface area contributed by atoms with Crippen molar-refractivity contribution in [3.05, 3.63) is 0 Å². The monoisotopic (exact) mass is 228 g/mol. The predicted octanol–water partition coefficient (Wildman–Crippen LogP) is 1.19. The van der Waals surface area contributed by atoms with Gasteiger partial charge < -0.3 is 15.8 Å². The number of nitrogens with two attached hydrogens (primary N) is 1. The fourth-order valence-corrected chi connectivity index (χ4v) is 1.95. The van der Waals surface area contributed by atoms with Crippen molar-refractivity contribution in [2.75, 3.05) is 13.2 Å². The lowest BCUT2D eigenvalue weighted by molar-refractivity contribution is -0.122. The van der Waals surface area contributed by atoms with E-state index in [1.54, 1.807) is 0 Å². The van der Waals surface area contributed by atoms with Crippen LogP contribution in [-0.4, -0.2) is 31.2 Å². The number of carbonyl (C=O) groups is 1. The number of ether oxygens (including phenoxy) is 1. The maximum Gasteiger partial charge on any atom is 0.236 e. The van der Waals surface area contributed by atoms with Crippen LogP contribution in [0.4, 0.5) is 0 Å². The summed E-state index contributed by atoms with van der Waals surface area (Å²) in [5.41, 5.74) is 5.59. The first kappa shape index (κ1) is 13.5. The highest BCUT2D eigenvalue weighted by Gasteiger charge is 2.14. The Hall–Kier alpha value is -0.610. The molecule has 0 aliphatic heterocycles. The predicted molar refractivity (Wildman–Crippen MR) is 64.1 cm³/mol. The first-order valence-corrected chi connectivity index (χ1v) is 6.39. The van der Waals surface area contributed by atoms with Crippen molar-refractivity contribution in [3.8, 4) is 0 Å². The van der Waals surface area contributed by atoms with Crippen molar-refractivity contribution in [1.82, 2.24) is 5.32 Å². The van der Waals surface area contributed by atoms with Crippen LogP contribution in [-0.2, 0) is 9.53 Å². The molecule has 0 aromatic carbocycles. The van der Waals surface area contributed by atoms with Crippen LogP contribution in [0, 0.1) is 0 Å². The largest absolute Gasteiger partial charge is 0.376 e. The Labute approximate surface area is 97.9 Å². The van der Waals surface area contributed by atoms with Crippen molar-refractivity contribution < 1.29 is 9.53 Å². The smallest absolute Gasteiger partial charge is 0.236 e. The SMILES string of the molecule is CCC(N)C(=O)NCCOC1CCCCC1. The first-order chi connectivity index (χ1) is 7.74. The molecule has 0 aromatic heterocycles. The molecule has 1 rings (SSSR count). The van der Waals surface area contributed by atoms with Gasteiger partial charge in [-0.05, 0) is 19.3 Å². The minimum atomic E-state index is -0.380. The highest BCUT2D eigenvalue weighted by molar-refractivity contribution is 5.81. The number of rotatable bonds is 6. The van der Waals surface area contributed by atoms with E-state index in [0.717, 1.165) is 0 Å². The average Bonchev–Trinajstić information content (AvgIpc) is 2.34. The lowest BCUT2D eigenvalue weighted by Crippen LogP contribution is -2.41. The van der Waals surface area contributed by atoms with Crippen LogP contribution in [0.2, 0.25) is 0 Å². The minimum absolute atomic E-state index is 0.0743. The maximum atomic E-state index is 11.3. The molecule has 0 bridgehead atoms. The van der Waals surface area contributed by atoms with Gasteiger partial charge in [-0.25, -0.2) is 0 Å². The summed E-state index contributed by atoms with van der Waals surface area (Å²) < 4.78 is 5.69. The van der Waals surface area contributed by atoms with Gasteiger partial charge in [-0.3, -0.25) is 4.79 Å². The summed E-state index contributed by atoms with van der Waals surface area (Å²) in [6, 6.07) is -0.380. The number of hydrogen-bond donors (Lipinski definition) is 2. The van der Waals surface area contributed by atoms with Gasteiger partial charge in [0.15, 0.2) is 0 Å². The van der Waals surface area contributed by atoms with Gasteiger partial charge in [0.25, 0.3) is 0 Å². The molecule has 1 unspecified atom stereocenters. The molecular weight excluding hydrogens is 204 g/mol. The van der Waals surface area contributed by atoms with Crippen LogP contribution in [0.25, 0.3) is 0 Å². The third kappa shape index (κ3) is 4.94. The third-order valence-corrected chi connectivity index (χ3v) is 3.08. The molecule has 0 spiro atoms. The Morgan fingerprint density at radius 2 is 2.12 bits per heavy atom. The molecule has 4 heteroatoms. The van der Waals surface area contributed by atoms with Crippen molar-refractivity contribution >= 4 is 5.91 Å². The summed E-state index contributed by atoms with van der Waals surface area (Å²) in [6.45, 7) is 3.08. The fourth-order valence-electron chi connectivity index (χ4n) is 1.95. The molecule has 0 saturated heterocycles. The van der Waals surface area contributed by atoms with Crippen LogP contribution in [0.3, 0.4) is 0 Å². The van der Waals surface area contributed by atoms with Gasteiger partial charge in [-0.2, -0.15) is 0 Å². The Morgan fingerprint density at radius 3 is 2.75 bits per heavy atom. The van der Waals surface area contributed by atoms with Crippen LogP contribution in [0.15, 0.2) is 0 Å². The topological polar surface area (TPSA) is 64.4 Å². The highest BCUT2D eigenvalue weighted by Crippen LogP contribution is 2.19. The lowest BCUT2D eigenvalue weighted by Gasteiger charge is -2.22. The van der Waals surface area contributed by atoms with Crippen molar-refractivity contribution in [1.29, 1.82) is 0 Å². The van der Waals surface area contributed by atoms with E-state index in [0.29, 0.717) is 25.7 Å². The molecule has 94 valence electrons. The van der Waals surface area contributed by atoms with E-state index in [2.05, 4.69) is 5.32 Å². The van der Waals surface area contributed by atoms with E-state index < -0.39 is 0 Å². The summed E-state index contributed by atoms with van der Waals surface area (Å²) in [4.78, 5) is 11.3. The number of nitrogens with one attached hydrogen (secondary N) is 1. The molecule has 1 aliphatic rings. The molecule has 1 saturated carbocycles. The zero-order valence-electron chi connectivity index (χ0n) is 10.2. The molecular formula is C12H24N2O2. The molecule has 1 atom stereocenters. The molecule has 4 nitrogen and oxygen atoms in total. The second kappa shape index (κ2) is 7.63. The first-order valence-electron chi connectivity index (χ1n) is 6.39. The van der Waals surface area contributed by atoms with E-state index in [-0.39, 0.29) is 11.9 Å². The highest BCUT2D eigenvalue weighted by atomic mass is 16.5. The van der Waals surface area contributed by atoms with Crippen molar-refractivity contribution in [2.45, 2.75) is 57.6 Å². The molecule has 0 radical (unpaired) electrons. The van der Waals surface area contributed by atoms with Crippen molar-refractivity contribution in [3.63, 3.8) is 0 Å². The zero-order chi connectivity index (χ0) is 11.8. The van der Waals surface area contributed by atoms with Gasteiger partial charge in [-0.1, -0.05) is 26.2 Å². The van der Waals surface area contributed by atoms with Crippen LogP contribution in [0.5, 0.6) is 0 Å². The van der Waals surface area contributed by atoms with Gasteiger partial charge in [0.2, 0.25) is 5.91 Å². The Kier molecular flexibility index (Phi) is 6.42. The van der Waals surface area contributed by atoms with E-state index in [1.807, 2.05) is 6.92 Å². The summed E-state index contributed by atoms with van der Waals surface area (Å²) >= 11 is 0. The van der Waals surface area contributed by atoms with E-state index in [1.165, 1.54) is 32.1 Å². The van der Waals surface area contributed by atoms with E-state index >= 15 is 0 Å². The third-order valence-electron chi connectivity index (χ3n) is 3.08. The minimum Gasteiger partial charge on any atom is -0.376 e. The maximum absolute atomic E-state index is 11.3. The molecule has 0 aromatic rings. The summed E-state index contributed by atoms with van der Waals surface area (Å²) in [6.07, 6.45) is 7.31. The Morgan fingerprint density at radius 1 is 1.44 bits per heavy atom. The second-order valence-electron chi connectivity index (χ2n) is 4.44. The van der Waals surface area contributed by atoms with Gasteiger partial charge in [-0.15, -0.1) is 0 Å². The van der Waals surface area contributed by atoms with E-state index in [4.69, 9.17) is 10.5 Å². The van der Waals surface area contributed by atoms with Crippen LogP contribution < -0.4 is 11.1 Å².